The van der Waals surface area contributed by atoms with E-state index >= 15 is 0 Å². The molecule has 0 aromatic heterocycles. The number of carboxylic acid groups (broad SMARTS) is 1. The Bertz CT molecular complexity index is 287. The molecule has 0 spiro atoms. The van der Waals surface area contributed by atoms with Crippen molar-refractivity contribution < 1.29 is 14.6 Å². The smallest absolute Gasteiger partial charge is 0.306 e. The minimum atomic E-state index is -0.637. The summed E-state index contributed by atoms with van der Waals surface area (Å²) in [5.41, 5.74) is 0. The van der Waals surface area contributed by atoms with Crippen molar-refractivity contribution in [1.82, 2.24) is 4.90 Å². The van der Waals surface area contributed by atoms with Gasteiger partial charge in [-0.1, -0.05) is 6.42 Å². The third-order valence-corrected chi connectivity index (χ3v) is 4.75. The van der Waals surface area contributed by atoms with E-state index in [1.807, 2.05) is 0 Å². The summed E-state index contributed by atoms with van der Waals surface area (Å²) in [5, 5.41) is 8.95. The number of hydrogen-bond acceptors (Lipinski definition) is 3. The number of nitrogens with zero attached hydrogens (tertiary/aromatic N) is 1. The minimum Gasteiger partial charge on any atom is -0.481 e. The molecule has 1 aliphatic carbocycles. The Kier molecular flexibility index (Phi) is 5.64. The fraction of sp³-hybridized carbons (Fsp3) is 0.933. The fourth-order valence-electron chi connectivity index (χ4n) is 3.36. The minimum absolute atomic E-state index is 0.135. The molecular weight excluding hydrogens is 242 g/mol. The third-order valence-electron chi connectivity index (χ3n) is 4.75. The SMILES string of the molecule is CN1CCCCC1CCOC1CCC(C(=O)O)CC1. The standard InChI is InChI=1S/C15H27NO3/c1-16-10-3-2-4-13(16)9-11-19-14-7-5-12(6-8-14)15(17)18/h12-14H,2-11H2,1H3,(H,17,18). The fourth-order valence-corrected chi connectivity index (χ4v) is 3.36. The van der Waals surface area contributed by atoms with Crippen LogP contribution in [0.5, 0.6) is 0 Å². The molecule has 4 nitrogen and oxygen atoms in total. The highest BCUT2D eigenvalue weighted by molar-refractivity contribution is 5.70. The molecule has 1 atom stereocenters. The molecule has 1 saturated carbocycles. The maximum atomic E-state index is 10.9. The van der Waals surface area contributed by atoms with E-state index in [1.54, 1.807) is 0 Å². The second-order valence-electron chi connectivity index (χ2n) is 6.10. The maximum Gasteiger partial charge on any atom is 0.306 e. The van der Waals surface area contributed by atoms with Gasteiger partial charge < -0.3 is 14.7 Å². The lowest BCUT2D eigenvalue weighted by Gasteiger charge is -2.33. The first-order valence-corrected chi connectivity index (χ1v) is 7.71. The Morgan fingerprint density at radius 2 is 1.95 bits per heavy atom. The van der Waals surface area contributed by atoms with Crippen LogP contribution in [0.15, 0.2) is 0 Å². The van der Waals surface area contributed by atoms with Crippen LogP contribution in [-0.4, -0.2) is 48.3 Å². The molecule has 0 aromatic carbocycles. The van der Waals surface area contributed by atoms with Gasteiger partial charge in [0, 0.05) is 12.6 Å². The Labute approximate surface area is 116 Å². The van der Waals surface area contributed by atoms with Crippen LogP contribution < -0.4 is 0 Å². The van der Waals surface area contributed by atoms with Gasteiger partial charge in [-0.15, -0.1) is 0 Å². The first-order chi connectivity index (χ1) is 9.16. The Morgan fingerprint density at radius 1 is 1.21 bits per heavy atom. The van der Waals surface area contributed by atoms with Crippen molar-refractivity contribution in [3.8, 4) is 0 Å². The van der Waals surface area contributed by atoms with Crippen LogP contribution in [0.4, 0.5) is 0 Å². The molecule has 1 unspecified atom stereocenters. The van der Waals surface area contributed by atoms with Crippen molar-refractivity contribution >= 4 is 5.97 Å². The summed E-state index contributed by atoms with van der Waals surface area (Å²) in [6.07, 6.45) is 8.78. The van der Waals surface area contributed by atoms with Crippen molar-refractivity contribution in [1.29, 1.82) is 0 Å². The Hall–Kier alpha value is -0.610. The van der Waals surface area contributed by atoms with Crippen molar-refractivity contribution in [2.24, 2.45) is 5.92 Å². The van der Waals surface area contributed by atoms with Gasteiger partial charge in [-0.3, -0.25) is 4.79 Å². The molecule has 1 aliphatic heterocycles. The van der Waals surface area contributed by atoms with Crippen molar-refractivity contribution in [2.45, 2.75) is 63.5 Å². The molecule has 0 radical (unpaired) electrons. The first-order valence-electron chi connectivity index (χ1n) is 7.71. The van der Waals surface area contributed by atoms with Crippen LogP contribution >= 0.6 is 0 Å². The number of likely N-dealkylation sites (tertiary alicyclic amines) is 1. The predicted molar refractivity (Wildman–Crippen MR) is 74.2 cm³/mol. The summed E-state index contributed by atoms with van der Waals surface area (Å²) in [4.78, 5) is 13.3. The molecule has 0 amide bonds. The number of aliphatic carboxylic acids is 1. The zero-order valence-corrected chi connectivity index (χ0v) is 12.0. The number of carboxylic acids is 1. The second-order valence-corrected chi connectivity index (χ2v) is 6.10. The topological polar surface area (TPSA) is 49.8 Å². The van der Waals surface area contributed by atoms with E-state index in [9.17, 15) is 4.79 Å². The highest BCUT2D eigenvalue weighted by Crippen LogP contribution is 2.27. The van der Waals surface area contributed by atoms with Crippen LogP contribution in [0.1, 0.15) is 51.4 Å². The molecule has 1 N–H and O–H groups in total. The molecule has 2 aliphatic rings. The first kappa shape index (κ1) is 14.8. The van der Waals surface area contributed by atoms with Crippen LogP contribution in [0.2, 0.25) is 0 Å². The highest BCUT2D eigenvalue weighted by Gasteiger charge is 2.26. The largest absolute Gasteiger partial charge is 0.481 e. The second kappa shape index (κ2) is 7.25. The lowest BCUT2D eigenvalue weighted by atomic mass is 9.87. The molecule has 0 bridgehead atoms. The Morgan fingerprint density at radius 3 is 2.58 bits per heavy atom. The summed E-state index contributed by atoms with van der Waals surface area (Å²) in [6.45, 7) is 2.05. The van der Waals surface area contributed by atoms with Crippen molar-refractivity contribution in [2.75, 3.05) is 20.2 Å². The third kappa shape index (κ3) is 4.46. The van der Waals surface area contributed by atoms with E-state index < -0.39 is 5.97 Å². The molecule has 1 saturated heterocycles. The van der Waals surface area contributed by atoms with Crippen LogP contribution in [0, 0.1) is 5.92 Å². The zero-order valence-electron chi connectivity index (χ0n) is 12.0. The number of piperidine rings is 1. The highest BCUT2D eigenvalue weighted by atomic mass is 16.5. The van der Waals surface area contributed by atoms with Gasteiger partial charge in [-0.2, -0.15) is 0 Å². The molecule has 19 heavy (non-hydrogen) atoms. The summed E-state index contributed by atoms with van der Waals surface area (Å²) >= 11 is 0. The average molecular weight is 269 g/mol. The monoisotopic (exact) mass is 269 g/mol. The maximum absolute atomic E-state index is 10.9. The quantitative estimate of drug-likeness (QED) is 0.833. The number of hydrogen-bond donors (Lipinski definition) is 1. The molecule has 1 heterocycles. The van der Waals surface area contributed by atoms with E-state index in [1.165, 1.54) is 25.8 Å². The molecule has 2 rings (SSSR count). The van der Waals surface area contributed by atoms with Gasteiger partial charge in [0.2, 0.25) is 0 Å². The van der Waals surface area contributed by atoms with Crippen molar-refractivity contribution in [3.05, 3.63) is 0 Å². The van der Waals surface area contributed by atoms with E-state index in [0.29, 0.717) is 12.1 Å². The summed E-state index contributed by atoms with van der Waals surface area (Å²) < 4.78 is 5.94. The van der Waals surface area contributed by atoms with Gasteiger partial charge in [0.1, 0.15) is 0 Å². The Balaban J connectivity index is 1.60. The van der Waals surface area contributed by atoms with Gasteiger partial charge in [0.15, 0.2) is 0 Å². The molecule has 2 fully saturated rings. The van der Waals surface area contributed by atoms with E-state index in [-0.39, 0.29) is 5.92 Å². The summed E-state index contributed by atoms with van der Waals surface area (Å²) in [5.74, 6) is -0.772. The van der Waals surface area contributed by atoms with E-state index in [2.05, 4.69) is 11.9 Å². The normalized spacial score (nSPS) is 33.2. The average Bonchev–Trinajstić information content (AvgIpc) is 2.41. The molecule has 110 valence electrons. The van der Waals surface area contributed by atoms with Gasteiger partial charge >= 0.3 is 5.97 Å². The lowest BCUT2D eigenvalue weighted by molar-refractivity contribution is -0.143. The van der Waals surface area contributed by atoms with Gasteiger partial charge in [0.25, 0.3) is 0 Å². The molecular formula is C15H27NO3. The summed E-state index contributed by atoms with van der Waals surface area (Å²) in [7, 11) is 2.21. The van der Waals surface area contributed by atoms with Crippen LogP contribution in [0.3, 0.4) is 0 Å². The van der Waals surface area contributed by atoms with Gasteiger partial charge in [-0.05, 0) is 58.5 Å². The number of rotatable bonds is 5. The van der Waals surface area contributed by atoms with Gasteiger partial charge in [-0.25, -0.2) is 0 Å². The van der Waals surface area contributed by atoms with Crippen LogP contribution in [0.25, 0.3) is 0 Å². The van der Waals surface area contributed by atoms with E-state index in [0.717, 1.165) is 38.7 Å². The lowest BCUT2D eigenvalue weighted by Crippen LogP contribution is -2.37. The van der Waals surface area contributed by atoms with Gasteiger partial charge in [0.05, 0.1) is 12.0 Å². The van der Waals surface area contributed by atoms with Crippen molar-refractivity contribution in [3.63, 3.8) is 0 Å². The zero-order chi connectivity index (χ0) is 13.7. The predicted octanol–water partition coefficient (Wildman–Crippen LogP) is 2.52. The van der Waals surface area contributed by atoms with Crippen LogP contribution in [-0.2, 0) is 9.53 Å². The molecule has 4 heteroatoms. The number of ether oxygens (including phenoxy) is 1. The van der Waals surface area contributed by atoms with E-state index in [4.69, 9.17) is 9.84 Å². The summed E-state index contributed by atoms with van der Waals surface area (Å²) in [6, 6.07) is 0.684. The molecule has 0 aromatic rings. The number of carbonyl (C=O) groups is 1.